The highest BCUT2D eigenvalue weighted by Gasteiger charge is 2.36. The highest BCUT2D eigenvalue weighted by atomic mass is 32.2. The molecular formula is C25H22N2O4S. The van der Waals surface area contributed by atoms with Crippen LogP contribution in [0.4, 0.5) is 11.4 Å². The van der Waals surface area contributed by atoms with Crippen molar-refractivity contribution in [2.75, 3.05) is 26.2 Å². The van der Waals surface area contributed by atoms with Gasteiger partial charge in [-0.25, -0.2) is 4.99 Å². The molecule has 1 amide bonds. The molecule has 1 saturated heterocycles. The average Bonchev–Trinajstić information content (AvgIpc) is 3.14. The fourth-order valence-corrected chi connectivity index (χ4v) is 4.24. The number of carbonyl (C=O) groups is 1. The first-order chi connectivity index (χ1) is 15.6. The van der Waals surface area contributed by atoms with Crippen molar-refractivity contribution in [1.82, 2.24) is 0 Å². The SMILES string of the molecule is COc1ccc(/C=C2/SC(=Nc3ccccc3OC)N(c3ccccc3OC)C2=O)cc1. The molecule has 0 atom stereocenters. The lowest BCUT2D eigenvalue weighted by atomic mass is 10.2. The molecule has 1 fully saturated rings. The molecule has 0 spiro atoms. The number of amidine groups is 1. The summed E-state index contributed by atoms with van der Waals surface area (Å²) in [5.41, 5.74) is 2.15. The molecule has 6 nitrogen and oxygen atoms in total. The van der Waals surface area contributed by atoms with Crippen LogP contribution in [0, 0.1) is 0 Å². The van der Waals surface area contributed by atoms with Gasteiger partial charge in [-0.3, -0.25) is 9.69 Å². The van der Waals surface area contributed by atoms with E-state index >= 15 is 0 Å². The molecular weight excluding hydrogens is 424 g/mol. The molecule has 0 unspecified atom stereocenters. The van der Waals surface area contributed by atoms with Crippen LogP contribution >= 0.6 is 11.8 Å². The van der Waals surface area contributed by atoms with E-state index in [0.29, 0.717) is 32.9 Å². The minimum Gasteiger partial charge on any atom is -0.497 e. The van der Waals surface area contributed by atoms with Crippen LogP contribution in [-0.2, 0) is 4.79 Å². The van der Waals surface area contributed by atoms with Crippen LogP contribution in [-0.4, -0.2) is 32.4 Å². The molecule has 0 N–H and O–H groups in total. The van der Waals surface area contributed by atoms with Gasteiger partial charge in [-0.05, 0) is 59.8 Å². The summed E-state index contributed by atoms with van der Waals surface area (Å²) in [4.78, 5) is 20.4. The molecule has 32 heavy (non-hydrogen) atoms. The molecule has 0 aromatic heterocycles. The lowest BCUT2D eigenvalue weighted by molar-refractivity contribution is -0.113. The minimum absolute atomic E-state index is 0.177. The third-order valence-corrected chi connectivity index (χ3v) is 5.82. The van der Waals surface area contributed by atoms with Gasteiger partial charge in [0.25, 0.3) is 5.91 Å². The standard InChI is InChI=1S/C25H22N2O4S/c1-29-18-14-12-17(13-15-18)16-23-24(28)27(20-9-5-7-11-22(20)31-3)25(32-23)26-19-8-4-6-10-21(19)30-2/h4-16H,1-3H3/b23-16+,26-25?. The summed E-state index contributed by atoms with van der Waals surface area (Å²) in [6, 6.07) is 22.4. The Morgan fingerprint density at radius 3 is 2.16 bits per heavy atom. The molecule has 1 aliphatic rings. The minimum atomic E-state index is -0.177. The van der Waals surface area contributed by atoms with E-state index in [4.69, 9.17) is 19.2 Å². The highest BCUT2D eigenvalue weighted by molar-refractivity contribution is 8.19. The second kappa shape index (κ2) is 9.62. The summed E-state index contributed by atoms with van der Waals surface area (Å²) in [5.74, 6) is 1.79. The molecule has 3 aromatic carbocycles. The van der Waals surface area contributed by atoms with Crippen LogP contribution in [0.3, 0.4) is 0 Å². The number of carbonyl (C=O) groups excluding carboxylic acids is 1. The number of nitrogens with zero attached hydrogens (tertiary/aromatic N) is 2. The highest BCUT2D eigenvalue weighted by Crippen LogP contribution is 2.41. The van der Waals surface area contributed by atoms with E-state index in [-0.39, 0.29) is 5.91 Å². The van der Waals surface area contributed by atoms with Crippen molar-refractivity contribution in [3.63, 3.8) is 0 Å². The first-order valence-corrected chi connectivity index (χ1v) is 10.7. The van der Waals surface area contributed by atoms with E-state index in [2.05, 4.69) is 0 Å². The van der Waals surface area contributed by atoms with Crippen molar-refractivity contribution in [3.05, 3.63) is 83.3 Å². The summed E-state index contributed by atoms with van der Waals surface area (Å²) in [6.45, 7) is 0. The lowest BCUT2D eigenvalue weighted by Crippen LogP contribution is -2.29. The number of ether oxygens (including phenoxy) is 3. The predicted molar refractivity (Wildman–Crippen MR) is 129 cm³/mol. The molecule has 3 aromatic rings. The number of para-hydroxylation sites is 4. The van der Waals surface area contributed by atoms with Crippen molar-refractivity contribution in [2.45, 2.75) is 0 Å². The van der Waals surface area contributed by atoms with Crippen molar-refractivity contribution in [1.29, 1.82) is 0 Å². The Balaban J connectivity index is 1.81. The number of benzene rings is 3. The average molecular weight is 447 g/mol. The summed E-state index contributed by atoms with van der Waals surface area (Å²) < 4.78 is 16.2. The number of thioether (sulfide) groups is 1. The molecule has 1 aliphatic heterocycles. The van der Waals surface area contributed by atoms with Crippen molar-refractivity contribution in [3.8, 4) is 17.2 Å². The van der Waals surface area contributed by atoms with Gasteiger partial charge in [0.2, 0.25) is 0 Å². The number of aliphatic imine (C=N–C) groups is 1. The maximum absolute atomic E-state index is 13.5. The van der Waals surface area contributed by atoms with Gasteiger partial charge in [0.1, 0.15) is 22.9 Å². The second-order valence-electron chi connectivity index (χ2n) is 6.76. The molecule has 162 valence electrons. The Bertz CT molecular complexity index is 1190. The lowest BCUT2D eigenvalue weighted by Gasteiger charge is -2.18. The predicted octanol–water partition coefficient (Wildman–Crippen LogP) is 5.52. The fraction of sp³-hybridized carbons (Fsp3) is 0.120. The van der Waals surface area contributed by atoms with Gasteiger partial charge in [0, 0.05) is 0 Å². The Morgan fingerprint density at radius 2 is 1.47 bits per heavy atom. The third kappa shape index (κ3) is 4.33. The number of methoxy groups -OCH3 is 3. The maximum atomic E-state index is 13.5. The summed E-state index contributed by atoms with van der Waals surface area (Å²) in [7, 11) is 4.80. The van der Waals surface area contributed by atoms with E-state index in [0.717, 1.165) is 11.3 Å². The van der Waals surface area contributed by atoms with Gasteiger partial charge in [-0.2, -0.15) is 0 Å². The van der Waals surface area contributed by atoms with E-state index in [1.54, 1.807) is 26.2 Å². The molecule has 7 heteroatoms. The van der Waals surface area contributed by atoms with Crippen molar-refractivity contribution in [2.24, 2.45) is 4.99 Å². The number of hydrogen-bond acceptors (Lipinski definition) is 6. The quantitative estimate of drug-likeness (QED) is 0.467. The number of anilines is 1. The van der Waals surface area contributed by atoms with Crippen LogP contribution in [0.5, 0.6) is 17.2 Å². The molecule has 0 saturated carbocycles. The molecule has 1 heterocycles. The topological polar surface area (TPSA) is 60.4 Å². The first kappa shape index (κ1) is 21.5. The van der Waals surface area contributed by atoms with Crippen LogP contribution in [0.15, 0.2) is 82.7 Å². The molecule has 0 radical (unpaired) electrons. The smallest absolute Gasteiger partial charge is 0.271 e. The largest absolute Gasteiger partial charge is 0.497 e. The second-order valence-corrected chi connectivity index (χ2v) is 7.77. The van der Waals surface area contributed by atoms with Gasteiger partial charge >= 0.3 is 0 Å². The van der Waals surface area contributed by atoms with Gasteiger partial charge in [0.15, 0.2) is 5.17 Å². The molecule has 0 bridgehead atoms. The van der Waals surface area contributed by atoms with Crippen LogP contribution in [0.1, 0.15) is 5.56 Å². The van der Waals surface area contributed by atoms with Crippen LogP contribution in [0.25, 0.3) is 6.08 Å². The number of hydrogen-bond donors (Lipinski definition) is 0. The van der Waals surface area contributed by atoms with Crippen LogP contribution in [0.2, 0.25) is 0 Å². The Morgan fingerprint density at radius 1 is 0.812 bits per heavy atom. The zero-order chi connectivity index (χ0) is 22.5. The number of amides is 1. The molecule has 0 aliphatic carbocycles. The normalized spacial score (nSPS) is 16.0. The van der Waals surface area contributed by atoms with Gasteiger partial charge in [-0.15, -0.1) is 0 Å². The van der Waals surface area contributed by atoms with Crippen LogP contribution < -0.4 is 19.1 Å². The maximum Gasteiger partial charge on any atom is 0.271 e. The van der Waals surface area contributed by atoms with E-state index in [1.807, 2.05) is 78.9 Å². The molecule has 4 rings (SSSR count). The van der Waals surface area contributed by atoms with E-state index in [9.17, 15) is 4.79 Å². The Labute approximate surface area is 191 Å². The van der Waals surface area contributed by atoms with Crippen molar-refractivity contribution < 1.29 is 19.0 Å². The summed E-state index contributed by atoms with van der Waals surface area (Å²) >= 11 is 1.30. The number of rotatable bonds is 6. The van der Waals surface area contributed by atoms with E-state index < -0.39 is 0 Å². The zero-order valence-corrected chi connectivity index (χ0v) is 18.8. The monoisotopic (exact) mass is 446 g/mol. The summed E-state index contributed by atoms with van der Waals surface area (Å²) in [6.07, 6.45) is 1.85. The van der Waals surface area contributed by atoms with Gasteiger partial charge < -0.3 is 14.2 Å². The third-order valence-electron chi connectivity index (χ3n) is 4.85. The fourth-order valence-electron chi connectivity index (χ4n) is 3.25. The Kier molecular flexibility index (Phi) is 6.47. The Hall–Kier alpha value is -3.71. The summed E-state index contributed by atoms with van der Waals surface area (Å²) in [5, 5.41) is 0.517. The zero-order valence-electron chi connectivity index (χ0n) is 17.9. The van der Waals surface area contributed by atoms with Crippen molar-refractivity contribution >= 4 is 40.3 Å². The van der Waals surface area contributed by atoms with Gasteiger partial charge in [-0.1, -0.05) is 36.4 Å². The van der Waals surface area contributed by atoms with Gasteiger partial charge in [0.05, 0.1) is 31.9 Å². The van der Waals surface area contributed by atoms with E-state index in [1.165, 1.54) is 11.8 Å². The first-order valence-electron chi connectivity index (χ1n) is 9.87.